The van der Waals surface area contributed by atoms with Gasteiger partial charge in [-0.2, -0.15) is 0 Å². The molecule has 0 bridgehead atoms. The summed E-state index contributed by atoms with van der Waals surface area (Å²) in [6.45, 7) is 0. The quantitative estimate of drug-likeness (QED) is 0.426. The molecule has 0 fully saturated rings. The number of nitrogens with zero attached hydrogens (tertiary/aromatic N) is 1. The fourth-order valence-electron chi connectivity index (χ4n) is 4.26. The van der Waals surface area contributed by atoms with E-state index in [0.717, 1.165) is 29.1 Å². The number of carbonyl (C=O) groups is 1. The normalized spacial score (nSPS) is 20.5. The Morgan fingerprint density at radius 3 is 2.43 bits per heavy atom. The molecule has 2 atom stereocenters. The van der Waals surface area contributed by atoms with Crippen LogP contribution >= 0.6 is 11.3 Å². The Balaban J connectivity index is 1.60. The number of ketones is 1. The predicted molar refractivity (Wildman–Crippen MR) is 118 cm³/mol. The van der Waals surface area contributed by atoms with E-state index in [1.54, 1.807) is 23.5 Å². The summed E-state index contributed by atoms with van der Waals surface area (Å²) in [6.07, 6.45) is 1.21. The predicted octanol–water partition coefficient (Wildman–Crippen LogP) is 5.64. The van der Waals surface area contributed by atoms with Crippen molar-refractivity contribution in [1.29, 1.82) is 0 Å². The van der Waals surface area contributed by atoms with Gasteiger partial charge in [0.2, 0.25) is 0 Å². The minimum absolute atomic E-state index is 0.0350. The molecule has 7 heteroatoms. The van der Waals surface area contributed by atoms with Crippen LogP contribution in [0.1, 0.15) is 35.2 Å². The summed E-state index contributed by atoms with van der Waals surface area (Å²) in [4.78, 5) is 25.2. The van der Waals surface area contributed by atoms with E-state index in [-0.39, 0.29) is 23.4 Å². The van der Waals surface area contributed by atoms with E-state index in [1.165, 1.54) is 17.0 Å². The molecule has 2 aromatic carbocycles. The highest BCUT2D eigenvalue weighted by Crippen LogP contribution is 2.44. The summed E-state index contributed by atoms with van der Waals surface area (Å²) in [5.41, 5.74) is 4.32. The highest BCUT2D eigenvalue weighted by Gasteiger charge is 2.36. The van der Waals surface area contributed by atoms with E-state index in [9.17, 15) is 14.9 Å². The number of para-hydroxylation sites is 2. The zero-order valence-electron chi connectivity index (χ0n) is 16.0. The Kier molecular flexibility index (Phi) is 4.59. The van der Waals surface area contributed by atoms with Gasteiger partial charge in [-0.3, -0.25) is 14.9 Å². The molecule has 1 aliphatic heterocycles. The van der Waals surface area contributed by atoms with Crippen molar-refractivity contribution in [2.75, 3.05) is 10.6 Å². The van der Waals surface area contributed by atoms with E-state index in [1.807, 2.05) is 35.7 Å². The topological polar surface area (TPSA) is 84.3 Å². The third-order valence-corrected chi connectivity index (χ3v) is 6.73. The molecule has 0 spiro atoms. The van der Waals surface area contributed by atoms with Crippen LogP contribution < -0.4 is 10.6 Å². The number of hydrogen-bond acceptors (Lipinski definition) is 6. The van der Waals surface area contributed by atoms with E-state index >= 15 is 0 Å². The fourth-order valence-corrected chi connectivity index (χ4v) is 5.09. The third kappa shape index (κ3) is 3.27. The Bertz CT molecular complexity index is 1150. The number of allylic oxidation sites excluding steroid dienone is 1. The van der Waals surface area contributed by atoms with Crippen LogP contribution in [0.5, 0.6) is 0 Å². The van der Waals surface area contributed by atoms with Crippen molar-refractivity contribution in [1.82, 2.24) is 0 Å². The van der Waals surface area contributed by atoms with Gasteiger partial charge < -0.3 is 10.6 Å². The van der Waals surface area contributed by atoms with E-state index in [4.69, 9.17) is 0 Å². The van der Waals surface area contributed by atoms with Crippen LogP contribution in [-0.2, 0) is 4.79 Å². The summed E-state index contributed by atoms with van der Waals surface area (Å²) >= 11 is 1.68. The van der Waals surface area contributed by atoms with Crippen molar-refractivity contribution in [2.24, 2.45) is 0 Å². The van der Waals surface area contributed by atoms with Crippen LogP contribution in [0.3, 0.4) is 0 Å². The molecule has 2 heterocycles. The molecule has 2 N–H and O–H groups in total. The lowest BCUT2D eigenvalue weighted by molar-refractivity contribution is -0.384. The lowest BCUT2D eigenvalue weighted by Crippen LogP contribution is -2.26. The Hall–Kier alpha value is -3.45. The molecule has 6 nitrogen and oxygen atoms in total. The number of fused-ring (bicyclic) bond motifs is 1. The zero-order chi connectivity index (χ0) is 20.7. The summed E-state index contributed by atoms with van der Waals surface area (Å²) in [6, 6.07) is 18.0. The zero-order valence-corrected chi connectivity index (χ0v) is 16.8. The van der Waals surface area contributed by atoms with Crippen LogP contribution in [0, 0.1) is 10.1 Å². The number of hydrogen-bond donors (Lipinski definition) is 2. The van der Waals surface area contributed by atoms with Crippen LogP contribution in [0.25, 0.3) is 0 Å². The van der Waals surface area contributed by atoms with E-state index in [0.29, 0.717) is 12.0 Å². The standard InChI is InChI=1S/C23H19N3O3S/c27-20-13-15(21-6-3-11-30-21)12-19-22(20)23(14-7-9-16(10-8-14)26(28)29)25-18-5-2-1-4-17(18)24-19/h1-11,15,23-25H,12-13H2/t15-,23-/m0/s1. The maximum absolute atomic E-state index is 13.4. The highest BCUT2D eigenvalue weighted by atomic mass is 32.1. The average Bonchev–Trinajstić information content (AvgIpc) is 3.23. The number of non-ortho nitro benzene ring substituents is 1. The molecule has 1 aromatic heterocycles. The Morgan fingerprint density at radius 2 is 1.73 bits per heavy atom. The highest BCUT2D eigenvalue weighted by molar-refractivity contribution is 7.10. The van der Waals surface area contributed by atoms with Crippen molar-refractivity contribution < 1.29 is 9.72 Å². The Labute approximate surface area is 177 Å². The van der Waals surface area contributed by atoms with Crippen molar-refractivity contribution in [3.8, 4) is 0 Å². The molecule has 1 aliphatic carbocycles. The van der Waals surface area contributed by atoms with Crippen LogP contribution in [0.4, 0.5) is 17.1 Å². The van der Waals surface area contributed by atoms with Gasteiger partial charge in [-0.05, 0) is 47.7 Å². The lowest BCUT2D eigenvalue weighted by atomic mass is 9.81. The second kappa shape index (κ2) is 7.42. The number of nitro benzene ring substituents is 1. The first-order valence-electron chi connectivity index (χ1n) is 9.77. The van der Waals surface area contributed by atoms with Gasteiger partial charge in [-0.25, -0.2) is 0 Å². The molecule has 30 heavy (non-hydrogen) atoms. The SMILES string of the molecule is O=C1C[C@@H](c2cccs2)CC2=C1[C@H](c1ccc([N+](=O)[O-])cc1)Nc1ccccc1N2. The summed E-state index contributed by atoms with van der Waals surface area (Å²) < 4.78 is 0. The van der Waals surface area contributed by atoms with Crippen molar-refractivity contribution in [2.45, 2.75) is 24.8 Å². The summed E-state index contributed by atoms with van der Waals surface area (Å²) in [5, 5.41) is 20.1. The molecule has 0 unspecified atom stereocenters. The number of rotatable bonds is 3. The first kappa shape index (κ1) is 18.6. The monoisotopic (exact) mass is 417 g/mol. The molecule has 0 saturated heterocycles. The number of anilines is 2. The van der Waals surface area contributed by atoms with Gasteiger partial charge >= 0.3 is 0 Å². The molecular formula is C23H19N3O3S. The molecule has 0 amide bonds. The summed E-state index contributed by atoms with van der Waals surface area (Å²) in [7, 11) is 0. The third-order valence-electron chi connectivity index (χ3n) is 5.69. The Morgan fingerprint density at radius 1 is 0.967 bits per heavy atom. The first-order chi connectivity index (χ1) is 14.6. The maximum atomic E-state index is 13.4. The van der Waals surface area contributed by atoms with Crippen LogP contribution in [0.15, 0.2) is 77.3 Å². The van der Waals surface area contributed by atoms with Gasteiger partial charge in [-0.15, -0.1) is 11.3 Å². The average molecular weight is 417 g/mol. The smallest absolute Gasteiger partial charge is 0.269 e. The number of benzene rings is 2. The lowest BCUT2D eigenvalue weighted by Gasteiger charge is -2.29. The molecule has 2 aliphatic rings. The van der Waals surface area contributed by atoms with Crippen molar-refractivity contribution >= 4 is 34.2 Å². The second-order valence-corrected chi connectivity index (χ2v) is 8.51. The second-order valence-electron chi connectivity index (χ2n) is 7.53. The van der Waals surface area contributed by atoms with Gasteiger partial charge in [0.1, 0.15) is 0 Å². The number of nitrogens with one attached hydrogen (secondary N) is 2. The maximum Gasteiger partial charge on any atom is 0.269 e. The van der Waals surface area contributed by atoms with Crippen LogP contribution in [0.2, 0.25) is 0 Å². The molecule has 150 valence electrons. The van der Waals surface area contributed by atoms with E-state index in [2.05, 4.69) is 16.7 Å². The minimum atomic E-state index is -0.413. The van der Waals surface area contributed by atoms with Crippen molar-refractivity contribution in [3.63, 3.8) is 0 Å². The van der Waals surface area contributed by atoms with Gasteiger partial charge in [-0.1, -0.05) is 18.2 Å². The van der Waals surface area contributed by atoms with Gasteiger partial charge in [0.15, 0.2) is 5.78 Å². The molecular weight excluding hydrogens is 398 g/mol. The molecule has 0 saturated carbocycles. The first-order valence-corrected chi connectivity index (χ1v) is 10.6. The number of carbonyl (C=O) groups excluding carboxylic acids is 1. The van der Waals surface area contributed by atoms with Crippen molar-refractivity contribution in [3.05, 3.63) is 97.9 Å². The van der Waals surface area contributed by atoms with Gasteiger partial charge in [0.25, 0.3) is 5.69 Å². The van der Waals surface area contributed by atoms with Gasteiger partial charge in [0.05, 0.1) is 22.3 Å². The summed E-state index contributed by atoms with van der Waals surface area (Å²) in [5.74, 6) is 0.261. The number of nitro groups is 1. The fraction of sp³-hybridized carbons (Fsp3) is 0.174. The largest absolute Gasteiger partial charge is 0.372 e. The molecule has 3 aromatic rings. The van der Waals surface area contributed by atoms with Gasteiger partial charge in [0, 0.05) is 40.6 Å². The molecule has 5 rings (SSSR count). The number of Topliss-reactive ketones (excluding diaryl/α,β-unsaturated/α-hetero) is 1. The minimum Gasteiger partial charge on any atom is -0.372 e. The molecule has 0 radical (unpaired) electrons. The van der Waals surface area contributed by atoms with Crippen LogP contribution in [-0.4, -0.2) is 10.7 Å². The number of thiophene rings is 1. The van der Waals surface area contributed by atoms with E-state index < -0.39 is 4.92 Å².